The molecule has 0 aliphatic carbocycles. The summed E-state index contributed by atoms with van der Waals surface area (Å²) in [7, 11) is 1.63. The highest BCUT2D eigenvalue weighted by molar-refractivity contribution is 6.03. The number of fused-ring (bicyclic) bond motifs is 1. The van der Waals surface area contributed by atoms with Crippen molar-refractivity contribution in [1.29, 1.82) is 0 Å². The van der Waals surface area contributed by atoms with Gasteiger partial charge in [-0.15, -0.1) is 0 Å². The Bertz CT molecular complexity index is 1990. The van der Waals surface area contributed by atoms with Gasteiger partial charge in [-0.25, -0.2) is 19.0 Å². The van der Waals surface area contributed by atoms with Gasteiger partial charge in [-0.1, -0.05) is 12.1 Å². The molecule has 1 N–H and O–H groups in total. The van der Waals surface area contributed by atoms with Gasteiger partial charge in [0.1, 0.15) is 22.9 Å². The highest BCUT2D eigenvalue weighted by Gasteiger charge is 2.17. The number of aryl methyl sites for hydroxylation is 1. The van der Waals surface area contributed by atoms with E-state index in [9.17, 15) is 14.0 Å². The van der Waals surface area contributed by atoms with Crippen molar-refractivity contribution in [2.45, 2.75) is 13.5 Å². The van der Waals surface area contributed by atoms with E-state index in [0.29, 0.717) is 29.3 Å². The molecule has 4 heterocycles. The van der Waals surface area contributed by atoms with Crippen LogP contribution in [-0.4, -0.2) is 42.5 Å². The number of hydrogen-bond donors (Lipinski definition) is 1. The molecule has 1 amide bonds. The smallest absolute Gasteiger partial charge is 0.284 e. The van der Waals surface area contributed by atoms with Crippen LogP contribution in [-0.2, 0) is 6.54 Å². The SMILES string of the molecule is COc1ccc(Cn2nc(C)c3c(Oc4ccc(NC(=O)c5ccnn(-c6ccc(F)cc6)c5=O)cn4)ccnc32)cc1. The van der Waals surface area contributed by atoms with Crippen molar-refractivity contribution in [3.05, 3.63) is 124 Å². The topological polar surface area (TPSA) is 126 Å². The van der Waals surface area contributed by atoms with E-state index in [1.54, 1.807) is 31.5 Å². The lowest BCUT2D eigenvalue weighted by Crippen LogP contribution is -2.29. The number of anilines is 1. The Hall–Kier alpha value is -5.91. The number of carbonyl (C=O) groups excluding carboxylic acids is 1. The molecule has 0 fully saturated rings. The standard InChI is InChI=1S/C31H24FN7O4/c1-19-28-26(14-15-33-29(28)38(37-19)18-20-3-10-24(42-2)11-4-20)43-27-12-7-22(17-34-27)36-30(40)25-13-16-35-39(31(25)41)23-8-5-21(32)6-9-23/h3-17H,18H2,1-2H3,(H,36,40). The van der Waals surface area contributed by atoms with Gasteiger partial charge in [0.15, 0.2) is 5.65 Å². The van der Waals surface area contributed by atoms with Crippen molar-refractivity contribution in [2.75, 3.05) is 12.4 Å². The minimum Gasteiger partial charge on any atom is -0.497 e. The molecule has 4 aromatic heterocycles. The zero-order valence-corrected chi connectivity index (χ0v) is 23.1. The van der Waals surface area contributed by atoms with Crippen LogP contribution in [0.25, 0.3) is 16.7 Å². The summed E-state index contributed by atoms with van der Waals surface area (Å²) >= 11 is 0. The summed E-state index contributed by atoms with van der Waals surface area (Å²) in [5.41, 5.74) is 2.35. The quantitative estimate of drug-likeness (QED) is 0.270. The molecule has 214 valence electrons. The molecule has 0 atom stereocenters. The number of benzene rings is 2. The molecule has 0 saturated heterocycles. The van der Waals surface area contributed by atoms with Gasteiger partial charge in [-0.3, -0.25) is 9.59 Å². The van der Waals surface area contributed by atoms with E-state index in [2.05, 4.69) is 25.5 Å². The molecule has 0 spiro atoms. The third-order valence-electron chi connectivity index (χ3n) is 6.63. The first-order chi connectivity index (χ1) is 20.9. The number of rotatable bonds is 8. The summed E-state index contributed by atoms with van der Waals surface area (Å²) < 4.78 is 27.4. The number of aromatic nitrogens is 6. The maximum absolute atomic E-state index is 13.3. The molecule has 0 bridgehead atoms. The zero-order valence-electron chi connectivity index (χ0n) is 23.1. The first-order valence-electron chi connectivity index (χ1n) is 13.1. The molecule has 12 heteroatoms. The molecule has 0 radical (unpaired) electrons. The monoisotopic (exact) mass is 577 g/mol. The molecule has 0 aliphatic rings. The van der Waals surface area contributed by atoms with Crippen LogP contribution in [0.3, 0.4) is 0 Å². The molecule has 2 aromatic carbocycles. The van der Waals surface area contributed by atoms with Crippen molar-refractivity contribution < 1.29 is 18.7 Å². The number of nitrogens with one attached hydrogen (secondary N) is 1. The minimum atomic E-state index is -0.649. The van der Waals surface area contributed by atoms with Crippen molar-refractivity contribution in [3.8, 4) is 23.1 Å². The van der Waals surface area contributed by atoms with Crippen molar-refractivity contribution in [2.24, 2.45) is 0 Å². The van der Waals surface area contributed by atoms with Gasteiger partial charge in [0.2, 0.25) is 5.88 Å². The molecular weight excluding hydrogens is 553 g/mol. The van der Waals surface area contributed by atoms with Gasteiger partial charge < -0.3 is 14.8 Å². The molecule has 11 nitrogen and oxygen atoms in total. The average molecular weight is 578 g/mol. The van der Waals surface area contributed by atoms with Gasteiger partial charge in [-0.2, -0.15) is 14.9 Å². The lowest BCUT2D eigenvalue weighted by atomic mass is 10.2. The zero-order chi connectivity index (χ0) is 29.9. The number of pyridine rings is 2. The highest BCUT2D eigenvalue weighted by Crippen LogP contribution is 2.31. The lowest BCUT2D eigenvalue weighted by molar-refractivity contribution is 0.102. The Morgan fingerprint density at radius 2 is 1.74 bits per heavy atom. The van der Waals surface area contributed by atoms with E-state index in [1.807, 2.05) is 35.9 Å². The van der Waals surface area contributed by atoms with E-state index in [-0.39, 0.29) is 11.4 Å². The fourth-order valence-corrected chi connectivity index (χ4v) is 4.52. The van der Waals surface area contributed by atoms with Crippen LogP contribution in [0.2, 0.25) is 0 Å². The summed E-state index contributed by atoms with van der Waals surface area (Å²) in [4.78, 5) is 34.6. The van der Waals surface area contributed by atoms with E-state index >= 15 is 0 Å². The van der Waals surface area contributed by atoms with Crippen LogP contribution in [0.1, 0.15) is 21.6 Å². The van der Waals surface area contributed by atoms with E-state index in [1.165, 1.54) is 42.7 Å². The van der Waals surface area contributed by atoms with Gasteiger partial charge in [0.25, 0.3) is 11.5 Å². The number of halogens is 1. The fraction of sp³-hybridized carbons (Fsp3) is 0.0968. The van der Waals surface area contributed by atoms with Crippen LogP contribution < -0.4 is 20.3 Å². The lowest BCUT2D eigenvalue weighted by Gasteiger charge is -2.09. The summed E-state index contributed by atoms with van der Waals surface area (Å²) in [6.45, 7) is 2.40. The van der Waals surface area contributed by atoms with Crippen LogP contribution >= 0.6 is 0 Å². The first-order valence-corrected chi connectivity index (χ1v) is 13.1. The molecule has 6 aromatic rings. The number of methoxy groups -OCH3 is 1. The Morgan fingerprint density at radius 3 is 2.47 bits per heavy atom. The number of nitrogens with zero attached hydrogens (tertiary/aromatic N) is 6. The Morgan fingerprint density at radius 1 is 0.953 bits per heavy atom. The predicted molar refractivity (Wildman–Crippen MR) is 156 cm³/mol. The number of amides is 1. The highest BCUT2D eigenvalue weighted by atomic mass is 19.1. The Labute approximate surface area is 244 Å². The van der Waals surface area contributed by atoms with Crippen LogP contribution in [0, 0.1) is 12.7 Å². The maximum atomic E-state index is 13.3. The third-order valence-corrected chi connectivity index (χ3v) is 6.63. The second-order valence-electron chi connectivity index (χ2n) is 9.48. The summed E-state index contributed by atoms with van der Waals surface area (Å²) in [6, 6.07) is 19.2. The molecular formula is C31H24FN7O4. The molecule has 43 heavy (non-hydrogen) atoms. The molecule has 0 saturated carbocycles. The Balaban J connectivity index is 1.18. The Kier molecular flexibility index (Phi) is 7.31. The summed E-state index contributed by atoms with van der Waals surface area (Å²) in [5, 5.41) is 12.1. The molecule has 0 unspecified atom stereocenters. The fourth-order valence-electron chi connectivity index (χ4n) is 4.52. The number of hydrogen-bond acceptors (Lipinski definition) is 8. The van der Waals surface area contributed by atoms with Crippen LogP contribution in [0.5, 0.6) is 17.4 Å². The van der Waals surface area contributed by atoms with Gasteiger partial charge in [0.05, 0.1) is 42.3 Å². The second kappa shape index (κ2) is 11.5. The normalized spacial score (nSPS) is 11.0. The van der Waals surface area contributed by atoms with Crippen LogP contribution in [0.4, 0.5) is 10.1 Å². The molecule has 6 rings (SSSR count). The summed E-state index contributed by atoms with van der Waals surface area (Å²) in [6.07, 6.45) is 4.39. The largest absolute Gasteiger partial charge is 0.497 e. The average Bonchev–Trinajstić information content (AvgIpc) is 3.34. The van der Waals surface area contributed by atoms with E-state index < -0.39 is 17.3 Å². The molecule has 0 aliphatic heterocycles. The number of ether oxygens (including phenoxy) is 2. The second-order valence-corrected chi connectivity index (χ2v) is 9.48. The number of carbonyl (C=O) groups is 1. The predicted octanol–water partition coefficient (Wildman–Crippen LogP) is 4.92. The van der Waals surface area contributed by atoms with E-state index in [4.69, 9.17) is 9.47 Å². The van der Waals surface area contributed by atoms with Gasteiger partial charge >= 0.3 is 0 Å². The van der Waals surface area contributed by atoms with E-state index in [0.717, 1.165) is 27.1 Å². The third kappa shape index (κ3) is 5.66. The minimum absolute atomic E-state index is 0.138. The van der Waals surface area contributed by atoms with Crippen molar-refractivity contribution >= 4 is 22.6 Å². The van der Waals surface area contributed by atoms with Gasteiger partial charge in [-0.05, 0) is 61.0 Å². The summed E-state index contributed by atoms with van der Waals surface area (Å²) in [5.74, 6) is 0.504. The maximum Gasteiger partial charge on any atom is 0.284 e. The van der Waals surface area contributed by atoms with Crippen LogP contribution in [0.15, 0.2) is 96.2 Å². The van der Waals surface area contributed by atoms with Gasteiger partial charge in [0, 0.05) is 24.5 Å². The van der Waals surface area contributed by atoms with Crippen molar-refractivity contribution in [1.82, 2.24) is 29.5 Å². The first kappa shape index (κ1) is 27.3. The van der Waals surface area contributed by atoms with Crippen molar-refractivity contribution in [3.63, 3.8) is 0 Å².